The summed E-state index contributed by atoms with van der Waals surface area (Å²) in [5.74, 6) is 0. The second-order valence-corrected chi connectivity index (χ2v) is 5.13. The molecule has 0 saturated carbocycles. The smallest absolute Gasteiger partial charge is 0.227 e. The Morgan fingerprint density at radius 2 is 2.05 bits per heavy atom. The van der Waals surface area contributed by atoms with Gasteiger partial charge in [-0.1, -0.05) is 30.3 Å². The first-order valence-electron chi connectivity index (χ1n) is 6.29. The molecule has 6 heteroatoms. The number of carbonyl (C=O) groups excluding carboxylic acids is 1. The first kappa shape index (κ1) is 13.3. The van der Waals surface area contributed by atoms with E-state index in [4.69, 9.17) is 0 Å². The summed E-state index contributed by atoms with van der Waals surface area (Å²) in [5, 5.41) is 11.5. The molecule has 5 nitrogen and oxygen atoms in total. The van der Waals surface area contributed by atoms with Crippen molar-refractivity contribution in [1.82, 2.24) is 15.2 Å². The van der Waals surface area contributed by atoms with E-state index in [1.165, 1.54) is 0 Å². The van der Waals surface area contributed by atoms with Crippen LogP contribution in [-0.4, -0.2) is 22.4 Å². The van der Waals surface area contributed by atoms with Gasteiger partial charge in [0.25, 0.3) is 0 Å². The number of rotatable bonds is 5. The lowest BCUT2D eigenvalue weighted by atomic mass is 10.1. The first-order valence-corrected chi connectivity index (χ1v) is 7.17. The Morgan fingerprint density at radius 1 is 1.19 bits per heavy atom. The van der Waals surface area contributed by atoms with E-state index in [2.05, 4.69) is 15.6 Å². The summed E-state index contributed by atoms with van der Waals surface area (Å²) >= 11 is 1.61. The minimum absolute atomic E-state index is 0.530. The van der Waals surface area contributed by atoms with Gasteiger partial charge in [-0.2, -0.15) is 10.2 Å². The zero-order valence-electron chi connectivity index (χ0n) is 11.0. The van der Waals surface area contributed by atoms with E-state index in [1.54, 1.807) is 17.6 Å². The number of thiophene rings is 1. The van der Waals surface area contributed by atoms with Crippen molar-refractivity contribution in [3.8, 4) is 16.3 Å². The van der Waals surface area contributed by atoms with Crippen LogP contribution in [0.2, 0.25) is 0 Å². The molecule has 2 aromatic heterocycles. The molecule has 2 heterocycles. The van der Waals surface area contributed by atoms with Crippen molar-refractivity contribution in [2.45, 2.75) is 0 Å². The SMILES string of the molecule is O=CNN=Cc1cn(-c2cccs2)nc1-c1ccccc1. The Kier molecular flexibility index (Phi) is 3.88. The van der Waals surface area contributed by atoms with Gasteiger partial charge < -0.3 is 0 Å². The Labute approximate surface area is 125 Å². The summed E-state index contributed by atoms with van der Waals surface area (Å²) in [6, 6.07) is 13.8. The van der Waals surface area contributed by atoms with Crippen LogP contribution in [0.1, 0.15) is 5.56 Å². The van der Waals surface area contributed by atoms with Crippen molar-refractivity contribution in [3.63, 3.8) is 0 Å². The van der Waals surface area contributed by atoms with Gasteiger partial charge in [0.1, 0.15) is 10.7 Å². The molecule has 0 saturated heterocycles. The topological polar surface area (TPSA) is 59.3 Å². The van der Waals surface area contributed by atoms with Crippen molar-refractivity contribution in [3.05, 3.63) is 59.6 Å². The van der Waals surface area contributed by atoms with E-state index in [1.807, 2.05) is 58.7 Å². The highest BCUT2D eigenvalue weighted by atomic mass is 32.1. The summed E-state index contributed by atoms with van der Waals surface area (Å²) in [5.41, 5.74) is 4.93. The van der Waals surface area contributed by atoms with Crippen molar-refractivity contribution < 1.29 is 4.79 Å². The Hall–Kier alpha value is -2.73. The van der Waals surface area contributed by atoms with Crippen LogP contribution in [-0.2, 0) is 4.79 Å². The summed E-state index contributed by atoms with van der Waals surface area (Å²) in [6.07, 6.45) is 4.01. The second-order valence-electron chi connectivity index (χ2n) is 4.20. The van der Waals surface area contributed by atoms with Crippen molar-refractivity contribution >= 4 is 24.0 Å². The zero-order chi connectivity index (χ0) is 14.5. The van der Waals surface area contributed by atoms with Crippen LogP contribution in [0.3, 0.4) is 0 Å². The predicted molar refractivity (Wildman–Crippen MR) is 83.7 cm³/mol. The van der Waals surface area contributed by atoms with Crippen LogP contribution < -0.4 is 5.43 Å². The molecule has 0 spiro atoms. The number of aromatic nitrogens is 2. The highest BCUT2D eigenvalue weighted by molar-refractivity contribution is 7.12. The van der Waals surface area contributed by atoms with Gasteiger partial charge >= 0.3 is 0 Å². The molecule has 3 rings (SSSR count). The zero-order valence-corrected chi connectivity index (χ0v) is 11.8. The number of carbonyl (C=O) groups is 1. The summed E-state index contributed by atoms with van der Waals surface area (Å²) < 4.78 is 1.81. The normalized spacial score (nSPS) is 10.9. The van der Waals surface area contributed by atoms with E-state index < -0.39 is 0 Å². The van der Waals surface area contributed by atoms with Gasteiger partial charge in [0, 0.05) is 17.3 Å². The fraction of sp³-hybridized carbons (Fsp3) is 0. The highest BCUT2D eigenvalue weighted by Crippen LogP contribution is 2.23. The lowest BCUT2D eigenvalue weighted by molar-refractivity contribution is -0.109. The van der Waals surface area contributed by atoms with Crippen LogP contribution in [0.5, 0.6) is 0 Å². The molecule has 0 aliphatic carbocycles. The molecular weight excluding hydrogens is 284 g/mol. The maximum absolute atomic E-state index is 10.3. The fourth-order valence-corrected chi connectivity index (χ4v) is 2.61. The molecule has 0 atom stereocenters. The molecule has 0 aliphatic heterocycles. The van der Waals surface area contributed by atoms with Crippen LogP contribution >= 0.6 is 11.3 Å². The largest absolute Gasteiger partial charge is 0.277 e. The number of amides is 1. The minimum atomic E-state index is 0.530. The van der Waals surface area contributed by atoms with Crippen molar-refractivity contribution in [2.75, 3.05) is 0 Å². The third-order valence-corrected chi connectivity index (χ3v) is 3.71. The minimum Gasteiger partial charge on any atom is -0.277 e. The standard InChI is InChI=1S/C15H12N4OS/c20-11-17-16-9-13-10-19(14-7-4-8-21-14)18-15(13)12-5-2-1-3-6-12/h1-11H,(H,17,20). The van der Waals surface area contributed by atoms with E-state index in [0.717, 1.165) is 21.8 Å². The molecule has 1 amide bonds. The molecule has 3 aromatic rings. The van der Waals surface area contributed by atoms with E-state index in [9.17, 15) is 4.79 Å². The van der Waals surface area contributed by atoms with Crippen molar-refractivity contribution in [2.24, 2.45) is 5.10 Å². The molecule has 0 radical (unpaired) electrons. The highest BCUT2D eigenvalue weighted by Gasteiger charge is 2.11. The maximum atomic E-state index is 10.3. The van der Waals surface area contributed by atoms with Crippen LogP contribution in [0.4, 0.5) is 0 Å². The third-order valence-electron chi connectivity index (χ3n) is 2.85. The summed E-state index contributed by atoms with van der Waals surface area (Å²) in [6.45, 7) is 0. The van der Waals surface area contributed by atoms with Crippen LogP contribution in [0.15, 0.2) is 59.1 Å². The number of hydrazone groups is 1. The molecule has 0 unspecified atom stereocenters. The number of benzene rings is 1. The van der Waals surface area contributed by atoms with E-state index >= 15 is 0 Å². The number of nitrogens with zero attached hydrogens (tertiary/aromatic N) is 3. The molecule has 0 fully saturated rings. The lowest BCUT2D eigenvalue weighted by Gasteiger charge is -1.97. The quantitative estimate of drug-likeness (QED) is 0.447. The number of hydrogen-bond acceptors (Lipinski definition) is 4. The first-order chi connectivity index (χ1) is 10.4. The number of hydrogen-bond donors (Lipinski definition) is 1. The Balaban J connectivity index is 2.06. The molecule has 104 valence electrons. The molecule has 0 bridgehead atoms. The molecule has 1 N–H and O–H groups in total. The Morgan fingerprint density at radius 3 is 2.76 bits per heavy atom. The average molecular weight is 296 g/mol. The predicted octanol–water partition coefficient (Wildman–Crippen LogP) is 2.68. The summed E-state index contributed by atoms with van der Waals surface area (Å²) in [4.78, 5) is 10.3. The fourth-order valence-electron chi connectivity index (χ4n) is 1.95. The third kappa shape index (κ3) is 2.90. The van der Waals surface area contributed by atoms with Gasteiger partial charge in [-0.05, 0) is 17.5 Å². The van der Waals surface area contributed by atoms with Gasteiger partial charge in [0.2, 0.25) is 6.41 Å². The van der Waals surface area contributed by atoms with Gasteiger partial charge in [0.15, 0.2) is 0 Å². The van der Waals surface area contributed by atoms with Gasteiger partial charge in [-0.25, -0.2) is 10.1 Å². The maximum Gasteiger partial charge on any atom is 0.227 e. The molecule has 0 aliphatic rings. The molecule has 1 aromatic carbocycles. The van der Waals surface area contributed by atoms with Gasteiger partial charge in [-0.15, -0.1) is 11.3 Å². The van der Waals surface area contributed by atoms with E-state index in [-0.39, 0.29) is 0 Å². The van der Waals surface area contributed by atoms with Crippen molar-refractivity contribution in [1.29, 1.82) is 0 Å². The lowest BCUT2D eigenvalue weighted by Crippen LogP contribution is -2.00. The molecular formula is C15H12N4OS. The van der Waals surface area contributed by atoms with Gasteiger partial charge in [0.05, 0.1) is 6.21 Å². The van der Waals surface area contributed by atoms with Crippen LogP contribution in [0.25, 0.3) is 16.3 Å². The summed E-state index contributed by atoms with van der Waals surface area (Å²) in [7, 11) is 0. The van der Waals surface area contributed by atoms with Crippen LogP contribution in [0, 0.1) is 0 Å². The Bertz CT molecular complexity index is 747. The second kappa shape index (κ2) is 6.15. The van der Waals surface area contributed by atoms with Gasteiger partial charge in [-0.3, -0.25) is 4.79 Å². The molecule has 21 heavy (non-hydrogen) atoms. The van der Waals surface area contributed by atoms with E-state index in [0.29, 0.717) is 6.41 Å². The monoisotopic (exact) mass is 296 g/mol. The average Bonchev–Trinajstić information content (AvgIpc) is 3.18. The number of nitrogens with one attached hydrogen (secondary N) is 1.